The third-order valence-corrected chi connectivity index (χ3v) is 4.87. The minimum absolute atomic E-state index is 0.119. The van der Waals surface area contributed by atoms with Crippen LogP contribution in [0.2, 0.25) is 15.1 Å². The summed E-state index contributed by atoms with van der Waals surface area (Å²) in [6.07, 6.45) is 1.55. The summed E-state index contributed by atoms with van der Waals surface area (Å²) in [5, 5.41) is 6.15. The Labute approximate surface area is 183 Å². The molecular weight excluding hydrogens is 431 g/mol. The second-order valence-corrected chi connectivity index (χ2v) is 7.36. The van der Waals surface area contributed by atoms with Crippen molar-refractivity contribution in [1.82, 2.24) is 0 Å². The van der Waals surface area contributed by atoms with Gasteiger partial charge in [-0.1, -0.05) is 65.1 Å². The van der Waals surface area contributed by atoms with E-state index in [4.69, 9.17) is 34.8 Å². The number of ketones is 1. The number of amides is 1. The fraction of sp³-hybridized carbons (Fsp3) is 0.0455. The highest BCUT2D eigenvalue weighted by atomic mass is 35.5. The maximum absolute atomic E-state index is 12.8. The summed E-state index contributed by atoms with van der Waals surface area (Å²) in [6.45, 7) is 1.37. The van der Waals surface area contributed by atoms with Gasteiger partial charge in [0.15, 0.2) is 5.78 Å². The molecule has 0 radical (unpaired) electrons. The minimum atomic E-state index is -0.342. The first kappa shape index (κ1) is 21.1. The maximum Gasteiger partial charge on any atom is 0.244 e. The normalized spacial score (nSPS) is 10.9. The molecule has 146 valence electrons. The predicted octanol–water partition coefficient (Wildman–Crippen LogP) is 6.26. The molecular formula is C22H15Cl3N2O2. The molecule has 0 atom stereocenters. The van der Waals surface area contributed by atoms with E-state index in [0.717, 1.165) is 5.56 Å². The van der Waals surface area contributed by atoms with Crippen molar-refractivity contribution in [3.05, 3.63) is 98.5 Å². The molecule has 0 aliphatic carbocycles. The van der Waals surface area contributed by atoms with Crippen LogP contribution in [0, 0.1) is 0 Å². The number of benzene rings is 3. The van der Waals surface area contributed by atoms with Gasteiger partial charge in [0, 0.05) is 17.5 Å². The number of nitrogens with zero attached hydrogens (tertiary/aromatic N) is 2. The second-order valence-electron chi connectivity index (χ2n) is 6.11. The van der Waals surface area contributed by atoms with Gasteiger partial charge in [-0.3, -0.25) is 9.59 Å². The van der Waals surface area contributed by atoms with Crippen LogP contribution in [0.1, 0.15) is 28.4 Å². The molecule has 0 aliphatic rings. The van der Waals surface area contributed by atoms with Crippen molar-refractivity contribution < 1.29 is 9.59 Å². The zero-order valence-electron chi connectivity index (χ0n) is 15.3. The Morgan fingerprint density at radius 1 is 0.897 bits per heavy atom. The van der Waals surface area contributed by atoms with Crippen LogP contribution < -0.4 is 5.01 Å². The molecule has 0 unspecified atom stereocenters. The van der Waals surface area contributed by atoms with Crippen LogP contribution in [0.5, 0.6) is 0 Å². The summed E-state index contributed by atoms with van der Waals surface area (Å²) in [7, 11) is 0. The van der Waals surface area contributed by atoms with Crippen LogP contribution in [-0.4, -0.2) is 17.9 Å². The number of halogens is 3. The van der Waals surface area contributed by atoms with Crippen molar-refractivity contribution in [2.75, 3.05) is 5.01 Å². The average Bonchev–Trinajstić information content (AvgIpc) is 2.68. The molecule has 0 spiro atoms. The van der Waals surface area contributed by atoms with Gasteiger partial charge in [-0.05, 0) is 42.0 Å². The molecule has 0 bridgehead atoms. The van der Waals surface area contributed by atoms with Crippen LogP contribution in [0.3, 0.4) is 0 Å². The largest absolute Gasteiger partial charge is 0.288 e. The number of carbonyl (C=O) groups excluding carboxylic acids is 2. The molecule has 3 aromatic carbocycles. The number of hydrazone groups is 1. The number of hydrogen-bond donors (Lipinski definition) is 0. The molecule has 0 saturated heterocycles. The third-order valence-electron chi connectivity index (χ3n) is 4.03. The van der Waals surface area contributed by atoms with Crippen LogP contribution in [0.25, 0.3) is 0 Å². The lowest BCUT2D eigenvalue weighted by molar-refractivity contribution is -0.116. The van der Waals surface area contributed by atoms with Gasteiger partial charge in [0.1, 0.15) is 0 Å². The Morgan fingerprint density at radius 3 is 2.03 bits per heavy atom. The van der Waals surface area contributed by atoms with Gasteiger partial charge in [-0.2, -0.15) is 5.10 Å². The van der Waals surface area contributed by atoms with Gasteiger partial charge in [0.2, 0.25) is 5.91 Å². The Balaban J connectivity index is 1.96. The fourth-order valence-corrected chi connectivity index (χ4v) is 3.41. The lowest BCUT2D eigenvalue weighted by atomic mass is 10.0. The van der Waals surface area contributed by atoms with Gasteiger partial charge in [0.05, 0.1) is 27.5 Å². The first-order valence-electron chi connectivity index (χ1n) is 8.56. The molecule has 0 heterocycles. The zero-order chi connectivity index (χ0) is 21.0. The smallest absolute Gasteiger partial charge is 0.244 e. The highest BCUT2D eigenvalue weighted by Crippen LogP contribution is 2.33. The van der Waals surface area contributed by atoms with E-state index in [-0.39, 0.29) is 27.3 Å². The molecule has 0 saturated carbocycles. The van der Waals surface area contributed by atoms with E-state index in [1.807, 2.05) is 30.3 Å². The molecule has 4 nitrogen and oxygen atoms in total. The summed E-state index contributed by atoms with van der Waals surface area (Å²) in [6, 6.07) is 18.7. The van der Waals surface area contributed by atoms with Crippen LogP contribution >= 0.6 is 34.8 Å². The summed E-state index contributed by atoms with van der Waals surface area (Å²) >= 11 is 18.6. The summed E-state index contributed by atoms with van der Waals surface area (Å²) < 4.78 is 0. The lowest BCUT2D eigenvalue weighted by Gasteiger charge is -2.17. The molecule has 29 heavy (non-hydrogen) atoms. The zero-order valence-corrected chi connectivity index (χ0v) is 17.5. The van der Waals surface area contributed by atoms with Crippen LogP contribution in [0.15, 0.2) is 71.8 Å². The number of rotatable bonds is 5. The van der Waals surface area contributed by atoms with Crippen molar-refractivity contribution in [2.45, 2.75) is 6.92 Å². The third kappa shape index (κ3) is 5.04. The van der Waals surface area contributed by atoms with E-state index in [9.17, 15) is 9.59 Å². The monoisotopic (exact) mass is 444 g/mol. The van der Waals surface area contributed by atoms with E-state index in [2.05, 4.69) is 5.10 Å². The SMILES string of the molecule is CC(=O)N(/N=C/c1ccccc1)c1cc(Cl)c(C(=O)c2ccc(Cl)cc2)c(Cl)c1. The number of carbonyl (C=O) groups is 2. The summed E-state index contributed by atoms with van der Waals surface area (Å²) in [5.74, 6) is -0.675. The van der Waals surface area contributed by atoms with Crippen LogP contribution in [0.4, 0.5) is 5.69 Å². The van der Waals surface area contributed by atoms with E-state index in [0.29, 0.717) is 16.3 Å². The number of anilines is 1. The van der Waals surface area contributed by atoms with Gasteiger partial charge in [-0.15, -0.1) is 0 Å². The quantitative estimate of drug-likeness (QED) is 0.264. The molecule has 3 rings (SSSR count). The Hall–Kier alpha value is -2.66. The van der Waals surface area contributed by atoms with Crippen LogP contribution in [-0.2, 0) is 4.79 Å². The van der Waals surface area contributed by atoms with Crippen molar-refractivity contribution in [3.63, 3.8) is 0 Å². The van der Waals surface area contributed by atoms with Gasteiger partial charge in [-0.25, -0.2) is 5.01 Å². The highest BCUT2D eigenvalue weighted by Gasteiger charge is 2.21. The maximum atomic E-state index is 12.8. The molecule has 0 fully saturated rings. The predicted molar refractivity (Wildman–Crippen MR) is 119 cm³/mol. The molecule has 0 N–H and O–H groups in total. The molecule has 1 amide bonds. The topological polar surface area (TPSA) is 49.7 Å². The molecule has 0 aliphatic heterocycles. The lowest BCUT2D eigenvalue weighted by Crippen LogP contribution is -2.22. The van der Waals surface area contributed by atoms with Gasteiger partial charge in [0.25, 0.3) is 0 Å². The molecule has 0 aromatic heterocycles. The number of hydrogen-bond acceptors (Lipinski definition) is 3. The average molecular weight is 446 g/mol. The van der Waals surface area contributed by atoms with E-state index in [1.165, 1.54) is 24.1 Å². The second kappa shape index (κ2) is 9.23. The van der Waals surface area contributed by atoms with Crippen molar-refractivity contribution in [1.29, 1.82) is 0 Å². The van der Waals surface area contributed by atoms with E-state index < -0.39 is 0 Å². The Kier molecular flexibility index (Phi) is 6.70. The summed E-state index contributed by atoms with van der Waals surface area (Å²) in [5.41, 5.74) is 1.73. The van der Waals surface area contributed by atoms with Gasteiger partial charge < -0.3 is 0 Å². The first-order chi connectivity index (χ1) is 13.9. The van der Waals surface area contributed by atoms with E-state index in [1.54, 1.807) is 30.5 Å². The Morgan fingerprint density at radius 2 is 1.48 bits per heavy atom. The van der Waals surface area contributed by atoms with Crippen molar-refractivity contribution >= 4 is 58.4 Å². The summed E-state index contributed by atoms with van der Waals surface area (Å²) in [4.78, 5) is 24.9. The molecule has 3 aromatic rings. The highest BCUT2D eigenvalue weighted by molar-refractivity contribution is 6.41. The van der Waals surface area contributed by atoms with Crippen molar-refractivity contribution in [3.8, 4) is 0 Å². The molecule has 7 heteroatoms. The Bertz CT molecular complexity index is 1060. The van der Waals surface area contributed by atoms with E-state index >= 15 is 0 Å². The minimum Gasteiger partial charge on any atom is -0.288 e. The fourth-order valence-electron chi connectivity index (χ4n) is 2.64. The first-order valence-corrected chi connectivity index (χ1v) is 9.69. The standard InChI is InChI=1S/C22H15Cl3N2O2/c1-14(28)27(26-13-15-5-3-2-4-6-15)18-11-19(24)21(20(25)12-18)22(29)16-7-9-17(23)10-8-16/h2-13H,1H3/b26-13+. The van der Waals surface area contributed by atoms with Crippen molar-refractivity contribution in [2.24, 2.45) is 5.10 Å². The van der Waals surface area contributed by atoms with Gasteiger partial charge >= 0.3 is 0 Å².